The summed E-state index contributed by atoms with van der Waals surface area (Å²) in [5, 5.41) is 0.217. The summed E-state index contributed by atoms with van der Waals surface area (Å²) in [5.74, 6) is -1.61. The van der Waals surface area contributed by atoms with Gasteiger partial charge in [-0.05, 0) is 34.1 Å². The fourth-order valence-corrected chi connectivity index (χ4v) is 1.44. The molecular formula is C10H4BrClF2N2. The molecule has 0 aliphatic rings. The van der Waals surface area contributed by atoms with E-state index in [0.29, 0.717) is 10.0 Å². The smallest absolute Gasteiger partial charge is 0.161 e. The molecule has 0 aliphatic heterocycles. The van der Waals surface area contributed by atoms with Crippen LogP contribution in [0, 0.1) is 11.6 Å². The lowest BCUT2D eigenvalue weighted by atomic mass is 10.2. The van der Waals surface area contributed by atoms with E-state index in [0.717, 1.165) is 12.1 Å². The fourth-order valence-electron chi connectivity index (χ4n) is 1.12. The van der Waals surface area contributed by atoms with Crippen LogP contribution in [0.3, 0.4) is 0 Å². The molecule has 16 heavy (non-hydrogen) atoms. The standard InChI is InChI=1S/C10H4BrClF2N2/c11-6-4-15-10(16-9(6)12)5-1-2-7(13)8(14)3-5/h1-4H. The first kappa shape index (κ1) is 11.4. The van der Waals surface area contributed by atoms with Gasteiger partial charge in [0.1, 0.15) is 5.15 Å². The molecule has 0 radical (unpaired) electrons. The van der Waals surface area contributed by atoms with E-state index in [1.807, 2.05) is 0 Å². The van der Waals surface area contributed by atoms with Crippen molar-refractivity contribution in [3.05, 3.63) is 45.7 Å². The van der Waals surface area contributed by atoms with Crippen LogP contribution in [0.15, 0.2) is 28.9 Å². The quantitative estimate of drug-likeness (QED) is 0.748. The van der Waals surface area contributed by atoms with Crippen molar-refractivity contribution in [3.63, 3.8) is 0 Å². The van der Waals surface area contributed by atoms with Crippen molar-refractivity contribution in [3.8, 4) is 11.4 Å². The number of halogens is 4. The Morgan fingerprint density at radius 3 is 2.56 bits per heavy atom. The molecule has 2 rings (SSSR count). The maximum absolute atomic E-state index is 13.0. The first-order valence-electron chi connectivity index (χ1n) is 4.21. The van der Waals surface area contributed by atoms with Crippen molar-refractivity contribution in [1.82, 2.24) is 9.97 Å². The highest BCUT2D eigenvalue weighted by atomic mass is 79.9. The predicted molar refractivity (Wildman–Crippen MR) is 60.1 cm³/mol. The van der Waals surface area contributed by atoms with Gasteiger partial charge in [0.2, 0.25) is 0 Å². The maximum atomic E-state index is 13.0. The second-order valence-corrected chi connectivity index (χ2v) is 4.17. The molecule has 0 atom stereocenters. The van der Waals surface area contributed by atoms with Crippen LogP contribution in [-0.4, -0.2) is 9.97 Å². The monoisotopic (exact) mass is 304 g/mol. The van der Waals surface area contributed by atoms with Crippen LogP contribution in [0.1, 0.15) is 0 Å². The Morgan fingerprint density at radius 1 is 1.19 bits per heavy atom. The highest BCUT2D eigenvalue weighted by molar-refractivity contribution is 9.10. The zero-order chi connectivity index (χ0) is 11.7. The highest BCUT2D eigenvalue weighted by Gasteiger charge is 2.08. The van der Waals surface area contributed by atoms with Gasteiger partial charge in [0.15, 0.2) is 17.5 Å². The normalized spacial score (nSPS) is 10.5. The van der Waals surface area contributed by atoms with E-state index in [9.17, 15) is 8.78 Å². The number of nitrogens with zero attached hydrogens (tertiary/aromatic N) is 2. The maximum Gasteiger partial charge on any atom is 0.161 e. The van der Waals surface area contributed by atoms with Gasteiger partial charge in [-0.3, -0.25) is 0 Å². The fraction of sp³-hybridized carbons (Fsp3) is 0. The molecule has 0 aliphatic carbocycles. The number of hydrogen-bond acceptors (Lipinski definition) is 2. The molecule has 0 bridgehead atoms. The Kier molecular flexibility index (Phi) is 3.16. The van der Waals surface area contributed by atoms with Crippen LogP contribution in [0.4, 0.5) is 8.78 Å². The van der Waals surface area contributed by atoms with Gasteiger partial charge in [0.25, 0.3) is 0 Å². The lowest BCUT2D eigenvalue weighted by Gasteiger charge is -2.02. The van der Waals surface area contributed by atoms with Crippen LogP contribution in [0.5, 0.6) is 0 Å². The lowest BCUT2D eigenvalue weighted by molar-refractivity contribution is 0.509. The third kappa shape index (κ3) is 2.20. The van der Waals surface area contributed by atoms with Gasteiger partial charge < -0.3 is 0 Å². The van der Waals surface area contributed by atoms with Gasteiger partial charge >= 0.3 is 0 Å². The van der Waals surface area contributed by atoms with E-state index >= 15 is 0 Å². The third-order valence-electron chi connectivity index (χ3n) is 1.88. The molecule has 0 unspecified atom stereocenters. The Labute approximate surface area is 103 Å². The average molecular weight is 306 g/mol. The minimum absolute atomic E-state index is 0.217. The summed E-state index contributed by atoms with van der Waals surface area (Å²) in [6, 6.07) is 3.43. The second-order valence-electron chi connectivity index (χ2n) is 2.96. The second kappa shape index (κ2) is 4.43. The number of hydrogen-bond donors (Lipinski definition) is 0. The van der Waals surface area contributed by atoms with Gasteiger partial charge in [0.05, 0.1) is 4.47 Å². The zero-order valence-corrected chi connectivity index (χ0v) is 10.1. The summed E-state index contributed by atoms with van der Waals surface area (Å²) in [6.07, 6.45) is 1.45. The molecule has 0 fully saturated rings. The molecule has 0 N–H and O–H groups in total. The predicted octanol–water partition coefficient (Wildman–Crippen LogP) is 3.84. The summed E-state index contributed by atoms with van der Waals surface area (Å²) >= 11 is 8.91. The average Bonchev–Trinajstić information content (AvgIpc) is 2.26. The van der Waals surface area contributed by atoms with Crippen molar-refractivity contribution in [1.29, 1.82) is 0 Å². The van der Waals surface area contributed by atoms with E-state index in [-0.39, 0.29) is 11.0 Å². The molecule has 6 heteroatoms. The number of aromatic nitrogens is 2. The summed E-state index contributed by atoms with van der Waals surface area (Å²) in [5.41, 5.74) is 0.369. The number of benzene rings is 1. The topological polar surface area (TPSA) is 25.8 Å². The molecule has 0 amide bonds. The molecule has 82 valence electrons. The van der Waals surface area contributed by atoms with Gasteiger partial charge in [0, 0.05) is 11.8 Å². The van der Waals surface area contributed by atoms with E-state index in [2.05, 4.69) is 25.9 Å². The van der Waals surface area contributed by atoms with E-state index < -0.39 is 11.6 Å². The molecule has 2 aromatic rings. The summed E-state index contributed by atoms with van der Waals surface area (Å²) in [6.45, 7) is 0. The lowest BCUT2D eigenvalue weighted by Crippen LogP contribution is -1.92. The molecule has 1 heterocycles. The highest BCUT2D eigenvalue weighted by Crippen LogP contribution is 2.23. The van der Waals surface area contributed by atoms with Crippen LogP contribution in [0.25, 0.3) is 11.4 Å². The van der Waals surface area contributed by atoms with Crippen molar-refractivity contribution in [2.24, 2.45) is 0 Å². The summed E-state index contributed by atoms with van der Waals surface area (Å²) in [4.78, 5) is 7.88. The SMILES string of the molecule is Fc1ccc(-c2ncc(Br)c(Cl)n2)cc1F. The minimum Gasteiger partial charge on any atom is -0.235 e. The molecular weight excluding hydrogens is 301 g/mol. The first-order valence-corrected chi connectivity index (χ1v) is 5.38. The van der Waals surface area contributed by atoms with E-state index in [4.69, 9.17) is 11.6 Å². The van der Waals surface area contributed by atoms with Gasteiger partial charge in [-0.25, -0.2) is 18.7 Å². The van der Waals surface area contributed by atoms with Crippen molar-refractivity contribution in [2.75, 3.05) is 0 Å². The van der Waals surface area contributed by atoms with Crippen LogP contribution < -0.4 is 0 Å². The molecule has 0 spiro atoms. The van der Waals surface area contributed by atoms with Gasteiger partial charge in [-0.2, -0.15) is 0 Å². The van der Waals surface area contributed by atoms with Crippen LogP contribution in [0.2, 0.25) is 5.15 Å². The van der Waals surface area contributed by atoms with Crippen molar-refractivity contribution < 1.29 is 8.78 Å². The van der Waals surface area contributed by atoms with E-state index in [1.165, 1.54) is 12.3 Å². The van der Waals surface area contributed by atoms with Crippen LogP contribution >= 0.6 is 27.5 Å². The third-order valence-corrected chi connectivity index (χ3v) is 2.98. The van der Waals surface area contributed by atoms with Gasteiger partial charge in [-0.15, -0.1) is 0 Å². The van der Waals surface area contributed by atoms with Crippen molar-refractivity contribution >= 4 is 27.5 Å². The molecule has 1 aromatic carbocycles. The van der Waals surface area contributed by atoms with E-state index in [1.54, 1.807) is 0 Å². The Morgan fingerprint density at radius 2 is 1.94 bits per heavy atom. The Hall–Kier alpha value is -1.07. The largest absolute Gasteiger partial charge is 0.235 e. The molecule has 0 saturated heterocycles. The summed E-state index contributed by atoms with van der Waals surface area (Å²) < 4.78 is 26.2. The Balaban J connectivity index is 2.50. The van der Waals surface area contributed by atoms with Crippen molar-refractivity contribution in [2.45, 2.75) is 0 Å². The molecule has 2 nitrogen and oxygen atoms in total. The molecule has 0 saturated carbocycles. The minimum atomic E-state index is -0.944. The number of rotatable bonds is 1. The van der Waals surface area contributed by atoms with Crippen LogP contribution in [-0.2, 0) is 0 Å². The molecule has 1 aromatic heterocycles. The Bertz CT molecular complexity index is 499. The summed E-state index contributed by atoms with van der Waals surface area (Å²) in [7, 11) is 0. The zero-order valence-electron chi connectivity index (χ0n) is 7.72. The van der Waals surface area contributed by atoms with Gasteiger partial charge in [-0.1, -0.05) is 11.6 Å². The first-order chi connectivity index (χ1) is 7.58.